The Morgan fingerprint density at radius 2 is 1.62 bits per heavy atom. The van der Waals surface area contributed by atoms with Crippen molar-refractivity contribution >= 4 is 23.8 Å². The number of nitrogens with two attached hydrogens (primary N) is 1. The molecule has 0 aromatic heterocycles. The van der Waals surface area contributed by atoms with Crippen LogP contribution >= 0.6 is 0 Å². The molecule has 0 radical (unpaired) electrons. The Kier molecular flexibility index (Phi) is 11.7. The lowest BCUT2D eigenvalue weighted by molar-refractivity contribution is -0.144. The van der Waals surface area contributed by atoms with Crippen molar-refractivity contribution in [3.8, 4) is 0 Å². The van der Waals surface area contributed by atoms with Gasteiger partial charge in [0.05, 0.1) is 6.42 Å². The summed E-state index contributed by atoms with van der Waals surface area (Å²) in [6.07, 6.45) is 1.72. The maximum atomic E-state index is 10.5. The number of carbonyl (C=O) groups is 4. The average molecular weight is 306 g/mol. The van der Waals surface area contributed by atoms with E-state index in [1.165, 1.54) is 6.92 Å². The number of unbranched alkanes of at least 4 members (excludes halogenated alkanes) is 1. The number of aliphatic carboxylic acids is 3. The Morgan fingerprint density at radius 3 is 1.86 bits per heavy atom. The lowest BCUT2D eigenvalue weighted by Crippen LogP contribution is -2.39. The largest absolute Gasteiger partial charge is 0.481 e. The SMILES string of the molecule is CCCCC(NC(C)=O)C(=O)O.NC(CC(=O)O)C(=O)O. The molecule has 0 aliphatic rings. The number of amides is 1. The molecule has 2 atom stereocenters. The molecule has 0 aromatic carbocycles. The summed E-state index contributed by atoms with van der Waals surface area (Å²) in [7, 11) is 0. The van der Waals surface area contributed by atoms with Gasteiger partial charge in [-0.1, -0.05) is 19.8 Å². The molecule has 0 aliphatic heterocycles. The van der Waals surface area contributed by atoms with Gasteiger partial charge in [0.25, 0.3) is 0 Å². The van der Waals surface area contributed by atoms with Crippen LogP contribution < -0.4 is 11.1 Å². The fourth-order valence-electron chi connectivity index (χ4n) is 1.19. The standard InChI is InChI=1S/C8H15NO3.C4H7NO4/c1-3-4-5-7(8(11)12)9-6(2)10;5-2(4(8)9)1-3(6)7/h7H,3-5H2,1-2H3,(H,9,10)(H,11,12);2H,1,5H2,(H,6,7)(H,8,9). The quantitative estimate of drug-likeness (QED) is 0.405. The van der Waals surface area contributed by atoms with E-state index in [9.17, 15) is 19.2 Å². The van der Waals surface area contributed by atoms with Gasteiger partial charge in [-0.3, -0.25) is 14.4 Å². The molecule has 122 valence electrons. The van der Waals surface area contributed by atoms with Gasteiger partial charge in [-0.25, -0.2) is 4.79 Å². The van der Waals surface area contributed by atoms with Gasteiger partial charge >= 0.3 is 17.9 Å². The van der Waals surface area contributed by atoms with Gasteiger partial charge in [0.1, 0.15) is 12.1 Å². The number of carboxylic acids is 3. The van der Waals surface area contributed by atoms with E-state index in [1.807, 2.05) is 6.92 Å². The molecule has 1 amide bonds. The van der Waals surface area contributed by atoms with Crippen LogP contribution in [0.15, 0.2) is 0 Å². The van der Waals surface area contributed by atoms with Crippen molar-refractivity contribution < 1.29 is 34.5 Å². The highest BCUT2D eigenvalue weighted by Crippen LogP contribution is 2.00. The second-order valence-electron chi connectivity index (χ2n) is 4.28. The molecular weight excluding hydrogens is 284 g/mol. The summed E-state index contributed by atoms with van der Waals surface area (Å²) >= 11 is 0. The molecule has 0 fully saturated rings. The number of nitrogens with one attached hydrogen (secondary N) is 1. The topological polar surface area (TPSA) is 167 Å². The number of carboxylic acid groups (broad SMARTS) is 3. The van der Waals surface area contributed by atoms with E-state index >= 15 is 0 Å². The van der Waals surface area contributed by atoms with Crippen LogP contribution in [-0.4, -0.2) is 51.2 Å². The van der Waals surface area contributed by atoms with Gasteiger partial charge in [-0.05, 0) is 6.42 Å². The van der Waals surface area contributed by atoms with Gasteiger partial charge in [-0.15, -0.1) is 0 Å². The maximum absolute atomic E-state index is 10.5. The molecule has 0 aliphatic carbocycles. The first kappa shape index (κ1) is 21.1. The highest BCUT2D eigenvalue weighted by atomic mass is 16.4. The summed E-state index contributed by atoms with van der Waals surface area (Å²) in [6.45, 7) is 3.30. The third-order valence-corrected chi connectivity index (χ3v) is 2.23. The normalized spacial score (nSPS) is 12.3. The fourth-order valence-corrected chi connectivity index (χ4v) is 1.19. The first-order valence-corrected chi connectivity index (χ1v) is 6.31. The minimum Gasteiger partial charge on any atom is -0.481 e. The Bertz CT molecular complexity index is 371. The van der Waals surface area contributed by atoms with Gasteiger partial charge in [0.15, 0.2) is 0 Å². The van der Waals surface area contributed by atoms with E-state index in [4.69, 9.17) is 21.1 Å². The highest BCUT2D eigenvalue weighted by molar-refractivity contribution is 5.82. The Labute approximate surface area is 122 Å². The van der Waals surface area contributed by atoms with E-state index in [-0.39, 0.29) is 5.91 Å². The van der Waals surface area contributed by atoms with E-state index < -0.39 is 36.4 Å². The lowest BCUT2D eigenvalue weighted by Gasteiger charge is -2.11. The molecule has 0 aromatic rings. The maximum Gasteiger partial charge on any atom is 0.326 e. The van der Waals surface area contributed by atoms with Crippen LogP contribution in [0.4, 0.5) is 0 Å². The van der Waals surface area contributed by atoms with Crippen molar-refractivity contribution in [3.63, 3.8) is 0 Å². The smallest absolute Gasteiger partial charge is 0.326 e. The number of hydrogen-bond acceptors (Lipinski definition) is 5. The number of rotatable bonds is 8. The Morgan fingerprint density at radius 1 is 1.10 bits per heavy atom. The van der Waals surface area contributed by atoms with Crippen LogP contribution in [0.25, 0.3) is 0 Å². The van der Waals surface area contributed by atoms with Crippen LogP contribution in [0.5, 0.6) is 0 Å². The van der Waals surface area contributed by atoms with E-state index in [0.29, 0.717) is 6.42 Å². The summed E-state index contributed by atoms with van der Waals surface area (Å²) in [5.41, 5.74) is 4.84. The second kappa shape index (κ2) is 11.6. The number of carbonyl (C=O) groups excluding carboxylic acids is 1. The van der Waals surface area contributed by atoms with Crippen molar-refractivity contribution in [2.75, 3.05) is 0 Å². The molecule has 0 bridgehead atoms. The van der Waals surface area contributed by atoms with Crippen LogP contribution in [0, 0.1) is 0 Å². The Balaban J connectivity index is 0. The van der Waals surface area contributed by atoms with Crippen molar-refractivity contribution in [3.05, 3.63) is 0 Å². The van der Waals surface area contributed by atoms with Gasteiger partial charge in [0.2, 0.25) is 5.91 Å². The predicted molar refractivity (Wildman–Crippen MR) is 72.6 cm³/mol. The van der Waals surface area contributed by atoms with Crippen LogP contribution in [0.1, 0.15) is 39.5 Å². The molecule has 9 nitrogen and oxygen atoms in total. The molecule has 6 N–H and O–H groups in total. The fraction of sp³-hybridized carbons (Fsp3) is 0.667. The zero-order valence-electron chi connectivity index (χ0n) is 12.0. The Hall–Kier alpha value is -2.16. The van der Waals surface area contributed by atoms with E-state index in [0.717, 1.165) is 12.8 Å². The molecule has 0 saturated carbocycles. The van der Waals surface area contributed by atoms with E-state index in [2.05, 4.69) is 5.32 Å². The molecule has 9 heteroatoms. The molecule has 0 spiro atoms. The van der Waals surface area contributed by atoms with Gasteiger partial charge < -0.3 is 26.4 Å². The zero-order valence-corrected chi connectivity index (χ0v) is 12.0. The van der Waals surface area contributed by atoms with Gasteiger partial charge in [-0.2, -0.15) is 0 Å². The van der Waals surface area contributed by atoms with Gasteiger partial charge in [0, 0.05) is 6.92 Å². The molecular formula is C12H22N2O7. The second-order valence-corrected chi connectivity index (χ2v) is 4.28. The monoisotopic (exact) mass is 306 g/mol. The summed E-state index contributed by atoms with van der Waals surface area (Å²) in [4.78, 5) is 40.7. The third kappa shape index (κ3) is 14.1. The van der Waals surface area contributed by atoms with Crippen LogP contribution in [0.2, 0.25) is 0 Å². The van der Waals surface area contributed by atoms with Crippen molar-refractivity contribution in [2.24, 2.45) is 5.73 Å². The van der Waals surface area contributed by atoms with Crippen molar-refractivity contribution in [2.45, 2.75) is 51.6 Å². The molecule has 0 heterocycles. The molecule has 2 unspecified atom stereocenters. The van der Waals surface area contributed by atoms with Crippen LogP contribution in [0.3, 0.4) is 0 Å². The van der Waals surface area contributed by atoms with Crippen LogP contribution in [-0.2, 0) is 19.2 Å². The third-order valence-electron chi connectivity index (χ3n) is 2.23. The molecule has 0 saturated heterocycles. The van der Waals surface area contributed by atoms with Crippen molar-refractivity contribution in [1.82, 2.24) is 5.32 Å². The predicted octanol–water partition coefficient (Wildman–Crippen LogP) is -0.361. The lowest BCUT2D eigenvalue weighted by atomic mass is 10.1. The minimum absolute atomic E-state index is 0.293. The summed E-state index contributed by atoms with van der Waals surface area (Å²) in [5.74, 6) is -3.75. The minimum atomic E-state index is -1.29. The first-order valence-electron chi connectivity index (χ1n) is 6.31. The zero-order chi connectivity index (χ0) is 17.0. The van der Waals surface area contributed by atoms with Crippen molar-refractivity contribution in [1.29, 1.82) is 0 Å². The van der Waals surface area contributed by atoms with E-state index in [1.54, 1.807) is 0 Å². The average Bonchev–Trinajstić information content (AvgIpc) is 2.33. The summed E-state index contributed by atoms with van der Waals surface area (Å²) in [5, 5.41) is 27.0. The summed E-state index contributed by atoms with van der Waals surface area (Å²) in [6, 6.07) is -2.01. The first-order chi connectivity index (χ1) is 9.61. The highest BCUT2D eigenvalue weighted by Gasteiger charge is 2.16. The molecule has 0 rings (SSSR count). The summed E-state index contributed by atoms with van der Waals surface area (Å²) < 4.78 is 0. The number of hydrogen-bond donors (Lipinski definition) is 5. The molecule has 21 heavy (non-hydrogen) atoms.